The van der Waals surface area contributed by atoms with Crippen LogP contribution in [-0.2, 0) is 0 Å². The van der Waals surface area contributed by atoms with E-state index < -0.39 is 0 Å². The Morgan fingerprint density at radius 3 is 2.81 bits per heavy atom. The van der Waals surface area contributed by atoms with Crippen molar-refractivity contribution >= 4 is 5.69 Å². The van der Waals surface area contributed by atoms with Crippen LogP contribution in [0.5, 0.6) is 0 Å². The van der Waals surface area contributed by atoms with Gasteiger partial charge in [-0.1, -0.05) is 23.8 Å². The highest BCUT2D eigenvalue weighted by Crippen LogP contribution is 2.20. The molecular formula is C14H16N2. The van der Waals surface area contributed by atoms with Crippen molar-refractivity contribution in [1.29, 1.82) is 0 Å². The Morgan fingerprint density at radius 1 is 1.19 bits per heavy atom. The van der Waals surface area contributed by atoms with Gasteiger partial charge in [-0.3, -0.25) is 4.98 Å². The summed E-state index contributed by atoms with van der Waals surface area (Å²) >= 11 is 0. The molecule has 0 aliphatic carbocycles. The van der Waals surface area contributed by atoms with Crippen LogP contribution in [0.2, 0.25) is 0 Å². The second kappa shape index (κ2) is 4.79. The normalized spacial score (nSPS) is 10.1. The molecule has 82 valence electrons. The summed E-state index contributed by atoms with van der Waals surface area (Å²) in [6.07, 6.45) is 1.84. The number of anilines is 1. The third kappa shape index (κ3) is 2.40. The van der Waals surface area contributed by atoms with Gasteiger partial charge in [0, 0.05) is 24.0 Å². The van der Waals surface area contributed by atoms with E-state index in [1.807, 2.05) is 12.3 Å². The molecule has 0 aliphatic heterocycles. The Bertz CT molecular complexity index is 478. The first-order valence-electron chi connectivity index (χ1n) is 5.56. The number of nitrogens with one attached hydrogen (secondary N) is 1. The SMILES string of the molecule is CCNc1ccnc(-c2cccc(C)c2)c1. The van der Waals surface area contributed by atoms with E-state index in [0.29, 0.717) is 0 Å². The van der Waals surface area contributed by atoms with E-state index >= 15 is 0 Å². The summed E-state index contributed by atoms with van der Waals surface area (Å²) in [7, 11) is 0. The van der Waals surface area contributed by atoms with Gasteiger partial charge in [0.05, 0.1) is 5.69 Å². The van der Waals surface area contributed by atoms with Gasteiger partial charge in [-0.2, -0.15) is 0 Å². The number of nitrogens with zero attached hydrogens (tertiary/aromatic N) is 1. The zero-order chi connectivity index (χ0) is 11.4. The van der Waals surface area contributed by atoms with Gasteiger partial charge in [0.15, 0.2) is 0 Å². The van der Waals surface area contributed by atoms with Crippen molar-refractivity contribution in [2.75, 3.05) is 11.9 Å². The maximum Gasteiger partial charge on any atom is 0.0722 e. The molecule has 0 radical (unpaired) electrons. The molecule has 0 atom stereocenters. The lowest BCUT2D eigenvalue weighted by Crippen LogP contribution is -1.97. The third-order valence-corrected chi connectivity index (χ3v) is 2.45. The summed E-state index contributed by atoms with van der Waals surface area (Å²) in [5.41, 5.74) is 4.56. The Balaban J connectivity index is 2.36. The van der Waals surface area contributed by atoms with E-state index in [2.05, 4.69) is 54.5 Å². The molecule has 0 saturated heterocycles. The lowest BCUT2D eigenvalue weighted by molar-refractivity contribution is 1.20. The summed E-state index contributed by atoms with van der Waals surface area (Å²) < 4.78 is 0. The minimum absolute atomic E-state index is 0.928. The fraction of sp³-hybridized carbons (Fsp3) is 0.214. The molecule has 1 aromatic carbocycles. The molecule has 1 aromatic heterocycles. The van der Waals surface area contributed by atoms with Crippen LogP contribution in [0.3, 0.4) is 0 Å². The van der Waals surface area contributed by atoms with Crippen LogP contribution in [-0.4, -0.2) is 11.5 Å². The summed E-state index contributed by atoms with van der Waals surface area (Å²) in [6.45, 7) is 5.11. The summed E-state index contributed by atoms with van der Waals surface area (Å²) in [5.74, 6) is 0. The second-order valence-corrected chi connectivity index (χ2v) is 3.83. The lowest BCUT2D eigenvalue weighted by Gasteiger charge is -2.06. The first kappa shape index (κ1) is 10.7. The van der Waals surface area contributed by atoms with E-state index in [1.165, 1.54) is 11.1 Å². The molecule has 1 heterocycles. The number of hydrogen-bond donors (Lipinski definition) is 1. The molecule has 2 rings (SSSR count). The summed E-state index contributed by atoms with van der Waals surface area (Å²) in [6, 6.07) is 12.5. The summed E-state index contributed by atoms with van der Waals surface area (Å²) in [4.78, 5) is 4.39. The smallest absolute Gasteiger partial charge is 0.0722 e. The Labute approximate surface area is 96.4 Å². The molecule has 0 bridgehead atoms. The van der Waals surface area contributed by atoms with Crippen molar-refractivity contribution in [2.24, 2.45) is 0 Å². The van der Waals surface area contributed by atoms with Gasteiger partial charge in [-0.15, -0.1) is 0 Å². The van der Waals surface area contributed by atoms with Crippen LogP contribution in [0.25, 0.3) is 11.3 Å². The van der Waals surface area contributed by atoms with E-state index in [1.54, 1.807) is 0 Å². The Hall–Kier alpha value is -1.83. The number of pyridine rings is 1. The lowest BCUT2D eigenvalue weighted by atomic mass is 10.1. The maximum atomic E-state index is 4.39. The average molecular weight is 212 g/mol. The number of aryl methyl sites for hydroxylation is 1. The van der Waals surface area contributed by atoms with Crippen molar-refractivity contribution in [3.8, 4) is 11.3 Å². The molecule has 0 unspecified atom stereocenters. The predicted octanol–water partition coefficient (Wildman–Crippen LogP) is 3.49. The third-order valence-electron chi connectivity index (χ3n) is 2.45. The van der Waals surface area contributed by atoms with Crippen LogP contribution >= 0.6 is 0 Å². The van der Waals surface area contributed by atoms with E-state index in [0.717, 1.165) is 17.9 Å². The molecule has 1 N–H and O–H groups in total. The van der Waals surface area contributed by atoms with Crippen molar-refractivity contribution < 1.29 is 0 Å². The van der Waals surface area contributed by atoms with Crippen LogP contribution in [0, 0.1) is 6.92 Å². The quantitative estimate of drug-likeness (QED) is 0.842. The standard InChI is InChI=1S/C14H16N2/c1-3-15-13-7-8-16-14(10-13)12-6-4-5-11(2)9-12/h4-10H,3H2,1-2H3,(H,15,16). The van der Waals surface area contributed by atoms with Crippen molar-refractivity contribution in [1.82, 2.24) is 4.98 Å². The number of hydrogen-bond acceptors (Lipinski definition) is 2. The largest absolute Gasteiger partial charge is 0.385 e. The highest BCUT2D eigenvalue weighted by molar-refractivity contribution is 5.64. The van der Waals surface area contributed by atoms with Crippen molar-refractivity contribution in [3.05, 3.63) is 48.2 Å². The van der Waals surface area contributed by atoms with E-state index in [4.69, 9.17) is 0 Å². The molecule has 16 heavy (non-hydrogen) atoms. The molecule has 0 spiro atoms. The molecule has 0 aliphatic rings. The molecule has 2 heteroatoms. The zero-order valence-corrected chi connectivity index (χ0v) is 9.70. The first-order valence-corrected chi connectivity index (χ1v) is 5.56. The minimum Gasteiger partial charge on any atom is -0.385 e. The average Bonchev–Trinajstić information content (AvgIpc) is 2.30. The highest BCUT2D eigenvalue weighted by atomic mass is 14.9. The van der Waals surface area contributed by atoms with Crippen LogP contribution in [0.4, 0.5) is 5.69 Å². The molecular weight excluding hydrogens is 196 g/mol. The van der Waals surface area contributed by atoms with Crippen molar-refractivity contribution in [3.63, 3.8) is 0 Å². The topological polar surface area (TPSA) is 24.9 Å². The fourth-order valence-corrected chi connectivity index (χ4v) is 1.71. The maximum absolute atomic E-state index is 4.39. The molecule has 0 amide bonds. The number of aromatic nitrogens is 1. The van der Waals surface area contributed by atoms with Crippen LogP contribution in [0.1, 0.15) is 12.5 Å². The first-order chi connectivity index (χ1) is 7.79. The molecule has 2 aromatic rings. The van der Waals surface area contributed by atoms with Gasteiger partial charge in [-0.05, 0) is 32.0 Å². The molecule has 0 saturated carbocycles. The van der Waals surface area contributed by atoms with Gasteiger partial charge in [0.1, 0.15) is 0 Å². The fourth-order valence-electron chi connectivity index (χ4n) is 1.71. The summed E-state index contributed by atoms with van der Waals surface area (Å²) in [5, 5.41) is 3.29. The number of rotatable bonds is 3. The van der Waals surface area contributed by atoms with E-state index in [-0.39, 0.29) is 0 Å². The molecule has 2 nitrogen and oxygen atoms in total. The Morgan fingerprint density at radius 2 is 2.06 bits per heavy atom. The van der Waals surface area contributed by atoms with E-state index in [9.17, 15) is 0 Å². The minimum atomic E-state index is 0.928. The van der Waals surface area contributed by atoms with Gasteiger partial charge < -0.3 is 5.32 Å². The van der Waals surface area contributed by atoms with Gasteiger partial charge in [0.25, 0.3) is 0 Å². The van der Waals surface area contributed by atoms with Crippen LogP contribution in [0.15, 0.2) is 42.6 Å². The zero-order valence-electron chi connectivity index (χ0n) is 9.70. The number of benzene rings is 1. The monoisotopic (exact) mass is 212 g/mol. The van der Waals surface area contributed by atoms with Gasteiger partial charge in [-0.25, -0.2) is 0 Å². The predicted molar refractivity (Wildman–Crippen MR) is 68.6 cm³/mol. The molecule has 0 fully saturated rings. The Kier molecular flexibility index (Phi) is 3.20. The second-order valence-electron chi connectivity index (χ2n) is 3.83. The van der Waals surface area contributed by atoms with Gasteiger partial charge in [0.2, 0.25) is 0 Å². The highest BCUT2D eigenvalue weighted by Gasteiger charge is 2.00. The van der Waals surface area contributed by atoms with Crippen molar-refractivity contribution in [2.45, 2.75) is 13.8 Å². The van der Waals surface area contributed by atoms with Gasteiger partial charge >= 0.3 is 0 Å². The van der Waals surface area contributed by atoms with Crippen LogP contribution < -0.4 is 5.32 Å².